The third-order valence-electron chi connectivity index (χ3n) is 5.22. The van der Waals surface area contributed by atoms with Gasteiger partial charge in [-0.15, -0.1) is 0 Å². The van der Waals surface area contributed by atoms with Crippen LogP contribution in [0, 0.1) is 6.92 Å². The van der Waals surface area contributed by atoms with Crippen molar-refractivity contribution in [2.24, 2.45) is 0 Å². The van der Waals surface area contributed by atoms with Gasteiger partial charge in [0.1, 0.15) is 5.82 Å². The Morgan fingerprint density at radius 1 is 1.06 bits per heavy atom. The molecule has 2 aromatic carbocycles. The van der Waals surface area contributed by atoms with Crippen LogP contribution >= 0.6 is 0 Å². The minimum Gasteiger partial charge on any atom is -0.459 e. The number of rotatable bonds is 7. The first-order chi connectivity index (χ1) is 15.5. The lowest BCUT2D eigenvalue weighted by molar-refractivity contribution is 0.0932. The van der Waals surface area contributed by atoms with Crippen molar-refractivity contribution in [1.82, 2.24) is 15.3 Å². The molecule has 4 rings (SSSR count). The Labute approximate surface area is 185 Å². The summed E-state index contributed by atoms with van der Waals surface area (Å²) in [5.74, 6) is 0.282. The number of carbonyl (C=O) groups is 2. The molecule has 4 aromatic rings. The van der Waals surface area contributed by atoms with Gasteiger partial charge in [0.15, 0.2) is 5.76 Å². The standard InChI is InChI=1S/C25H24N4O3/c1-3-19(23-26-15-21(27-23)17-8-5-4-6-9-17)28-24(30)18-12-11-16(2)20(14-18)29-25(31)22-10-7-13-32-22/h4-15,19H,3H2,1-2H3,(H,26,27)(H,28,30)(H,29,31). The highest BCUT2D eigenvalue weighted by molar-refractivity contribution is 6.04. The van der Waals surface area contributed by atoms with Crippen LogP contribution in [0.25, 0.3) is 11.3 Å². The summed E-state index contributed by atoms with van der Waals surface area (Å²) in [5, 5.41) is 5.82. The van der Waals surface area contributed by atoms with Crippen LogP contribution < -0.4 is 10.6 Å². The largest absolute Gasteiger partial charge is 0.459 e. The molecule has 0 saturated heterocycles. The fourth-order valence-corrected chi connectivity index (χ4v) is 3.37. The molecule has 0 saturated carbocycles. The van der Waals surface area contributed by atoms with E-state index in [4.69, 9.17) is 4.42 Å². The number of aromatic nitrogens is 2. The fourth-order valence-electron chi connectivity index (χ4n) is 3.37. The average molecular weight is 428 g/mol. The van der Waals surface area contributed by atoms with Gasteiger partial charge in [-0.25, -0.2) is 4.98 Å². The predicted octanol–water partition coefficient (Wildman–Crippen LogP) is 5.11. The van der Waals surface area contributed by atoms with Gasteiger partial charge in [0.05, 0.1) is 24.2 Å². The molecule has 0 aliphatic carbocycles. The zero-order valence-corrected chi connectivity index (χ0v) is 17.9. The molecule has 162 valence electrons. The summed E-state index contributed by atoms with van der Waals surface area (Å²) in [5.41, 5.74) is 3.76. The highest BCUT2D eigenvalue weighted by Crippen LogP contribution is 2.22. The average Bonchev–Trinajstić information content (AvgIpc) is 3.52. The number of hydrogen-bond acceptors (Lipinski definition) is 4. The number of aryl methyl sites for hydroxylation is 1. The number of amides is 2. The Balaban J connectivity index is 1.49. The van der Waals surface area contributed by atoms with Gasteiger partial charge in [-0.3, -0.25) is 9.59 Å². The fraction of sp³-hybridized carbons (Fsp3) is 0.160. The Hall–Kier alpha value is -4.13. The molecule has 0 radical (unpaired) electrons. The highest BCUT2D eigenvalue weighted by Gasteiger charge is 2.19. The first kappa shape index (κ1) is 21.1. The van der Waals surface area contributed by atoms with Crippen molar-refractivity contribution in [3.8, 4) is 11.3 Å². The molecule has 0 spiro atoms. The number of imidazole rings is 1. The molecule has 2 aromatic heterocycles. The van der Waals surface area contributed by atoms with Gasteiger partial charge in [0.25, 0.3) is 11.8 Å². The zero-order valence-electron chi connectivity index (χ0n) is 17.9. The molecule has 2 amide bonds. The quantitative estimate of drug-likeness (QED) is 0.381. The van der Waals surface area contributed by atoms with Gasteiger partial charge in [-0.2, -0.15) is 0 Å². The Morgan fingerprint density at radius 2 is 1.88 bits per heavy atom. The highest BCUT2D eigenvalue weighted by atomic mass is 16.3. The van der Waals surface area contributed by atoms with E-state index < -0.39 is 0 Å². The first-order valence-corrected chi connectivity index (χ1v) is 10.4. The summed E-state index contributed by atoms with van der Waals surface area (Å²) in [6.07, 6.45) is 3.88. The Morgan fingerprint density at radius 3 is 2.59 bits per heavy atom. The summed E-state index contributed by atoms with van der Waals surface area (Å²) in [7, 11) is 0. The maximum absolute atomic E-state index is 13.0. The Kier molecular flexibility index (Phi) is 6.17. The van der Waals surface area contributed by atoms with Crippen LogP contribution in [0.4, 0.5) is 5.69 Å². The van der Waals surface area contributed by atoms with E-state index in [2.05, 4.69) is 20.6 Å². The molecule has 32 heavy (non-hydrogen) atoms. The summed E-state index contributed by atoms with van der Waals surface area (Å²) >= 11 is 0. The van der Waals surface area contributed by atoms with Crippen molar-refractivity contribution >= 4 is 17.5 Å². The lowest BCUT2D eigenvalue weighted by Crippen LogP contribution is -2.29. The maximum atomic E-state index is 13.0. The van der Waals surface area contributed by atoms with E-state index in [0.717, 1.165) is 16.8 Å². The van der Waals surface area contributed by atoms with E-state index in [1.807, 2.05) is 44.2 Å². The molecule has 1 atom stereocenters. The van der Waals surface area contributed by atoms with E-state index in [1.54, 1.807) is 36.5 Å². The van der Waals surface area contributed by atoms with Gasteiger partial charge in [-0.05, 0) is 48.7 Å². The predicted molar refractivity (Wildman–Crippen MR) is 122 cm³/mol. The second-order valence-electron chi connectivity index (χ2n) is 7.44. The molecule has 1 unspecified atom stereocenters. The van der Waals surface area contributed by atoms with E-state index in [0.29, 0.717) is 23.5 Å². The maximum Gasteiger partial charge on any atom is 0.291 e. The van der Waals surface area contributed by atoms with Crippen molar-refractivity contribution in [2.45, 2.75) is 26.3 Å². The van der Waals surface area contributed by atoms with Crippen LogP contribution in [-0.2, 0) is 0 Å². The summed E-state index contributed by atoms with van der Waals surface area (Å²) in [6, 6.07) is 18.0. The summed E-state index contributed by atoms with van der Waals surface area (Å²) in [6.45, 7) is 3.85. The number of anilines is 1. The topological polar surface area (TPSA) is 100 Å². The van der Waals surface area contributed by atoms with Crippen LogP contribution in [0.3, 0.4) is 0 Å². The van der Waals surface area contributed by atoms with E-state index in [-0.39, 0.29) is 23.6 Å². The minimum atomic E-state index is -0.369. The van der Waals surface area contributed by atoms with E-state index in [9.17, 15) is 9.59 Å². The number of carbonyl (C=O) groups excluding carboxylic acids is 2. The lowest BCUT2D eigenvalue weighted by atomic mass is 10.1. The van der Waals surface area contributed by atoms with Gasteiger partial charge >= 0.3 is 0 Å². The minimum absolute atomic E-state index is 0.206. The molecule has 0 aliphatic rings. The van der Waals surface area contributed by atoms with Crippen molar-refractivity contribution < 1.29 is 14.0 Å². The molecule has 0 bridgehead atoms. The van der Waals surface area contributed by atoms with Crippen molar-refractivity contribution in [3.05, 3.63) is 95.8 Å². The van der Waals surface area contributed by atoms with Crippen molar-refractivity contribution in [1.29, 1.82) is 0 Å². The molecule has 3 N–H and O–H groups in total. The van der Waals surface area contributed by atoms with Gasteiger partial charge < -0.3 is 20.0 Å². The van der Waals surface area contributed by atoms with Crippen LogP contribution in [0.2, 0.25) is 0 Å². The summed E-state index contributed by atoms with van der Waals surface area (Å²) in [4.78, 5) is 33.1. The Bertz CT molecular complexity index is 1210. The van der Waals surface area contributed by atoms with Crippen molar-refractivity contribution in [2.75, 3.05) is 5.32 Å². The van der Waals surface area contributed by atoms with E-state index in [1.165, 1.54) is 6.26 Å². The monoisotopic (exact) mass is 428 g/mol. The smallest absolute Gasteiger partial charge is 0.291 e. The number of H-pyrrole nitrogens is 1. The van der Waals surface area contributed by atoms with Crippen LogP contribution in [-0.4, -0.2) is 21.8 Å². The molecule has 7 nitrogen and oxygen atoms in total. The number of nitrogens with one attached hydrogen (secondary N) is 3. The third kappa shape index (κ3) is 4.62. The first-order valence-electron chi connectivity index (χ1n) is 10.4. The van der Waals surface area contributed by atoms with Crippen LogP contribution in [0.1, 0.15) is 51.7 Å². The number of hydrogen-bond donors (Lipinski definition) is 3. The number of benzene rings is 2. The van der Waals surface area contributed by atoms with E-state index >= 15 is 0 Å². The van der Waals surface area contributed by atoms with Crippen molar-refractivity contribution in [3.63, 3.8) is 0 Å². The normalized spacial score (nSPS) is 11.7. The second-order valence-corrected chi connectivity index (χ2v) is 7.44. The number of aromatic amines is 1. The van der Waals surface area contributed by atoms with Gasteiger partial charge in [-0.1, -0.05) is 43.3 Å². The zero-order chi connectivity index (χ0) is 22.5. The third-order valence-corrected chi connectivity index (χ3v) is 5.22. The molecule has 7 heteroatoms. The van der Waals surface area contributed by atoms with Gasteiger partial charge in [0, 0.05) is 11.3 Å². The van der Waals surface area contributed by atoms with Crippen LogP contribution in [0.5, 0.6) is 0 Å². The molecular formula is C25H24N4O3. The molecule has 2 heterocycles. The summed E-state index contributed by atoms with van der Waals surface area (Å²) < 4.78 is 5.13. The molecule has 0 fully saturated rings. The second kappa shape index (κ2) is 9.34. The molecule has 0 aliphatic heterocycles. The SMILES string of the molecule is CCC(NC(=O)c1ccc(C)c(NC(=O)c2ccco2)c1)c1ncc(-c2ccccc2)[nH]1. The number of nitrogens with zero attached hydrogens (tertiary/aromatic N) is 1. The van der Waals surface area contributed by atoms with Crippen LogP contribution in [0.15, 0.2) is 77.5 Å². The molecular weight excluding hydrogens is 404 g/mol. The number of furan rings is 1. The van der Waals surface area contributed by atoms with Gasteiger partial charge in [0.2, 0.25) is 0 Å². The lowest BCUT2D eigenvalue weighted by Gasteiger charge is -2.16.